The molecular formula is C21H21N3O5. The fraction of sp³-hybridized carbons (Fsp3) is 0.381. The number of likely N-dealkylation sites (tertiary alicyclic amines) is 1. The fourth-order valence-corrected chi connectivity index (χ4v) is 3.96. The quantitative estimate of drug-likeness (QED) is 0.431. The van der Waals surface area contributed by atoms with Gasteiger partial charge in [0, 0.05) is 18.3 Å². The van der Waals surface area contributed by atoms with Gasteiger partial charge < -0.3 is 4.74 Å². The molecule has 0 N–H and O–H groups in total. The zero-order valence-corrected chi connectivity index (χ0v) is 16.0. The molecule has 3 heterocycles. The van der Waals surface area contributed by atoms with Crippen LogP contribution in [0.3, 0.4) is 0 Å². The maximum absolute atomic E-state index is 12.4. The number of pyridine rings is 1. The highest BCUT2D eigenvalue weighted by Gasteiger charge is 2.46. The number of carbonyl (C=O) groups is 3. The summed E-state index contributed by atoms with van der Waals surface area (Å²) in [6.45, 7) is 1.68. The van der Waals surface area contributed by atoms with Crippen LogP contribution in [-0.4, -0.2) is 38.6 Å². The van der Waals surface area contributed by atoms with Gasteiger partial charge in [0.15, 0.2) is 0 Å². The molecule has 0 bridgehead atoms. The Morgan fingerprint density at radius 1 is 1.14 bits per heavy atom. The minimum absolute atomic E-state index is 0.0104. The third-order valence-corrected chi connectivity index (χ3v) is 5.45. The second-order valence-electron chi connectivity index (χ2n) is 7.34. The first-order valence-electron chi connectivity index (χ1n) is 9.60. The highest BCUT2D eigenvalue weighted by molar-refractivity contribution is 6.05. The lowest BCUT2D eigenvalue weighted by atomic mass is 9.85. The molecule has 29 heavy (non-hydrogen) atoms. The summed E-state index contributed by atoms with van der Waals surface area (Å²) in [5.41, 5.74) is 1.34. The second-order valence-corrected chi connectivity index (χ2v) is 7.34. The zero-order chi connectivity index (χ0) is 20.5. The van der Waals surface area contributed by atoms with E-state index in [1.54, 1.807) is 12.1 Å². The SMILES string of the molecule is Cc1cccc2nc(COC(=O)CCN3C(=O)[C@@H]4CC=CC[C@H]4C3=O)cc(=O)n12. The topological polar surface area (TPSA) is 98.0 Å². The molecule has 8 heteroatoms. The smallest absolute Gasteiger partial charge is 0.307 e. The van der Waals surface area contributed by atoms with E-state index in [4.69, 9.17) is 4.74 Å². The van der Waals surface area contributed by atoms with Crippen molar-refractivity contribution in [1.82, 2.24) is 14.3 Å². The van der Waals surface area contributed by atoms with Gasteiger partial charge in [0.25, 0.3) is 5.56 Å². The van der Waals surface area contributed by atoms with Crippen LogP contribution in [0.5, 0.6) is 0 Å². The molecule has 4 rings (SSSR count). The van der Waals surface area contributed by atoms with Gasteiger partial charge >= 0.3 is 5.97 Å². The van der Waals surface area contributed by atoms with Crippen LogP contribution in [0.1, 0.15) is 30.7 Å². The molecule has 1 saturated heterocycles. The molecule has 8 nitrogen and oxygen atoms in total. The molecule has 1 fully saturated rings. The zero-order valence-electron chi connectivity index (χ0n) is 16.0. The molecule has 2 aromatic heterocycles. The molecule has 0 radical (unpaired) electrons. The molecule has 2 aromatic rings. The number of nitrogens with zero attached hydrogens (tertiary/aromatic N) is 3. The lowest BCUT2D eigenvalue weighted by Crippen LogP contribution is -2.33. The monoisotopic (exact) mass is 395 g/mol. The average molecular weight is 395 g/mol. The lowest BCUT2D eigenvalue weighted by Gasteiger charge is -2.14. The highest BCUT2D eigenvalue weighted by Crippen LogP contribution is 2.35. The predicted molar refractivity (Wildman–Crippen MR) is 103 cm³/mol. The predicted octanol–water partition coefficient (Wildman–Crippen LogP) is 1.39. The van der Waals surface area contributed by atoms with Crippen molar-refractivity contribution in [3.05, 3.63) is 58.2 Å². The Balaban J connectivity index is 1.35. The van der Waals surface area contributed by atoms with Crippen LogP contribution in [-0.2, 0) is 25.7 Å². The van der Waals surface area contributed by atoms with E-state index in [1.165, 1.54) is 15.4 Å². The Hall–Kier alpha value is -3.29. The number of amides is 2. The third-order valence-electron chi connectivity index (χ3n) is 5.45. The van der Waals surface area contributed by atoms with Gasteiger partial charge in [0.05, 0.1) is 24.0 Å². The maximum atomic E-state index is 12.4. The summed E-state index contributed by atoms with van der Waals surface area (Å²) in [7, 11) is 0. The number of allylic oxidation sites excluding steroid dienone is 2. The number of ether oxygens (including phenoxy) is 1. The Morgan fingerprint density at radius 3 is 2.52 bits per heavy atom. The van der Waals surface area contributed by atoms with E-state index in [1.807, 2.05) is 25.1 Å². The fourth-order valence-electron chi connectivity index (χ4n) is 3.96. The van der Waals surface area contributed by atoms with Crippen molar-refractivity contribution in [3.8, 4) is 0 Å². The van der Waals surface area contributed by atoms with Crippen LogP contribution in [0.25, 0.3) is 5.65 Å². The number of hydrogen-bond donors (Lipinski definition) is 0. The van der Waals surface area contributed by atoms with Crippen molar-refractivity contribution in [2.75, 3.05) is 6.54 Å². The van der Waals surface area contributed by atoms with E-state index in [2.05, 4.69) is 4.98 Å². The van der Waals surface area contributed by atoms with Crippen molar-refractivity contribution in [3.63, 3.8) is 0 Å². The summed E-state index contributed by atoms with van der Waals surface area (Å²) in [6.07, 6.45) is 4.89. The van der Waals surface area contributed by atoms with Crippen molar-refractivity contribution in [2.24, 2.45) is 11.8 Å². The standard InChI is InChI=1S/C21H21N3O5/c1-13-5-4-8-17-22-14(11-18(25)24(13)17)12-29-19(26)9-10-23-20(27)15-6-2-3-7-16(15)21(23)28/h2-5,8,11,15-16H,6-7,9-10,12H2,1H3/t15-,16-/m1/s1. The molecule has 0 unspecified atom stereocenters. The summed E-state index contributed by atoms with van der Waals surface area (Å²) in [6, 6.07) is 6.64. The van der Waals surface area contributed by atoms with Gasteiger partial charge in [-0.15, -0.1) is 0 Å². The third kappa shape index (κ3) is 3.57. The molecule has 0 saturated carbocycles. The molecule has 1 aliphatic heterocycles. The maximum Gasteiger partial charge on any atom is 0.307 e. The average Bonchev–Trinajstić information content (AvgIpc) is 2.95. The number of esters is 1. The van der Waals surface area contributed by atoms with Crippen molar-refractivity contribution in [1.29, 1.82) is 0 Å². The minimum Gasteiger partial charge on any atom is -0.459 e. The van der Waals surface area contributed by atoms with E-state index in [-0.39, 0.29) is 48.8 Å². The first-order valence-corrected chi connectivity index (χ1v) is 9.60. The summed E-state index contributed by atoms with van der Waals surface area (Å²) >= 11 is 0. The largest absolute Gasteiger partial charge is 0.459 e. The first-order chi connectivity index (χ1) is 14.0. The number of aryl methyl sites for hydroxylation is 1. The molecular weight excluding hydrogens is 374 g/mol. The highest BCUT2D eigenvalue weighted by atomic mass is 16.5. The van der Waals surface area contributed by atoms with Gasteiger partial charge in [-0.2, -0.15) is 0 Å². The van der Waals surface area contributed by atoms with Crippen molar-refractivity contribution >= 4 is 23.4 Å². The Morgan fingerprint density at radius 2 is 1.83 bits per heavy atom. The van der Waals surface area contributed by atoms with Crippen LogP contribution in [0, 0.1) is 18.8 Å². The van der Waals surface area contributed by atoms with E-state index in [0.29, 0.717) is 24.2 Å². The molecule has 0 spiro atoms. The molecule has 2 amide bonds. The van der Waals surface area contributed by atoms with Crippen LogP contribution in [0.15, 0.2) is 41.2 Å². The van der Waals surface area contributed by atoms with Crippen LogP contribution in [0.2, 0.25) is 0 Å². The van der Waals surface area contributed by atoms with E-state index in [0.717, 1.165) is 5.69 Å². The molecule has 2 aliphatic rings. The van der Waals surface area contributed by atoms with Gasteiger partial charge in [0.1, 0.15) is 12.3 Å². The molecule has 150 valence electrons. The Bertz CT molecular complexity index is 1060. The number of imide groups is 1. The van der Waals surface area contributed by atoms with E-state index < -0.39 is 5.97 Å². The minimum atomic E-state index is -0.551. The summed E-state index contributed by atoms with van der Waals surface area (Å²) in [5.74, 6) is -1.58. The number of rotatable bonds is 5. The number of carbonyl (C=O) groups excluding carboxylic acids is 3. The van der Waals surface area contributed by atoms with Gasteiger partial charge in [-0.05, 0) is 31.9 Å². The molecule has 2 atom stereocenters. The normalized spacial score (nSPS) is 20.9. The summed E-state index contributed by atoms with van der Waals surface area (Å²) < 4.78 is 6.68. The summed E-state index contributed by atoms with van der Waals surface area (Å²) in [5, 5.41) is 0. The number of fused-ring (bicyclic) bond motifs is 2. The molecule has 1 aliphatic carbocycles. The van der Waals surface area contributed by atoms with Crippen LogP contribution in [0.4, 0.5) is 0 Å². The van der Waals surface area contributed by atoms with Gasteiger partial charge in [-0.1, -0.05) is 18.2 Å². The number of hydrogen-bond acceptors (Lipinski definition) is 6. The van der Waals surface area contributed by atoms with Crippen LogP contribution < -0.4 is 5.56 Å². The second kappa shape index (κ2) is 7.62. The van der Waals surface area contributed by atoms with Gasteiger partial charge in [0.2, 0.25) is 11.8 Å². The molecule has 0 aromatic carbocycles. The first kappa shape index (κ1) is 19.0. The Kier molecular flexibility index (Phi) is 5.00. The van der Waals surface area contributed by atoms with E-state index in [9.17, 15) is 19.2 Å². The lowest BCUT2D eigenvalue weighted by molar-refractivity contribution is -0.146. The van der Waals surface area contributed by atoms with Crippen LogP contribution >= 0.6 is 0 Å². The van der Waals surface area contributed by atoms with Crippen molar-refractivity contribution in [2.45, 2.75) is 32.8 Å². The van der Waals surface area contributed by atoms with E-state index >= 15 is 0 Å². The Labute approximate surface area is 166 Å². The van der Waals surface area contributed by atoms with Gasteiger partial charge in [-0.25, -0.2) is 4.98 Å². The summed E-state index contributed by atoms with van der Waals surface area (Å²) in [4.78, 5) is 54.7. The van der Waals surface area contributed by atoms with Crippen molar-refractivity contribution < 1.29 is 19.1 Å². The van der Waals surface area contributed by atoms with Gasteiger partial charge in [-0.3, -0.25) is 28.5 Å². The number of aromatic nitrogens is 2.